The Morgan fingerprint density at radius 1 is 1.20 bits per heavy atom. The van der Waals surface area contributed by atoms with E-state index in [9.17, 15) is 19.5 Å². The zero-order valence-corrected chi connectivity index (χ0v) is 20.3. The number of aromatic amines is 1. The molecule has 4 N–H and O–H groups in total. The van der Waals surface area contributed by atoms with Gasteiger partial charge in [-0.25, -0.2) is 9.78 Å². The first kappa shape index (κ1) is 25.2. The van der Waals surface area contributed by atoms with Gasteiger partial charge in [-0.1, -0.05) is 17.7 Å². The Morgan fingerprint density at radius 2 is 2.03 bits per heavy atom. The van der Waals surface area contributed by atoms with Crippen molar-refractivity contribution in [2.45, 2.75) is 62.8 Å². The second-order valence-corrected chi connectivity index (χ2v) is 9.60. The summed E-state index contributed by atoms with van der Waals surface area (Å²) >= 11 is 6.18. The van der Waals surface area contributed by atoms with Gasteiger partial charge in [0.25, 0.3) is 0 Å². The van der Waals surface area contributed by atoms with Gasteiger partial charge in [0, 0.05) is 37.9 Å². The number of anilines is 1. The normalized spacial score (nSPS) is 16.6. The molecule has 1 atom stereocenters. The number of unbranched alkanes of at least 4 members (excludes halogenated alkanes) is 1. The molecule has 2 aromatic heterocycles. The number of nitrogens with one attached hydrogen (secondary N) is 3. The second-order valence-electron chi connectivity index (χ2n) is 9.19. The largest absolute Gasteiger partial charge is 0.480 e. The second kappa shape index (κ2) is 11.2. The zero-order chi connectivity index (χ0) is 24.8. The van der Waals surface area contributed by atoms with Gasteiger partial charge >= 0.3 is 5.97 Å². The number of carboxylic acid groups (broad SMARTS) is 1. The average Bonchev–Trinajstić information content (AvgIpc) is 3.66. The van der Waals surface area contributed by atoms with Crippen molar-refractivity contribution in [3.63, 3.8) is 0 Å². The number of aryl methyl sites for hydroxylation is 2. The Hall–Kier alpha value is -2.91. The molecule has 0 aromatic carbocycles. The standard InChI is InChI=1S/C25H31ClN4O5/c26-18-8-9-20(31)30-21(18)25(11-12-25)24(34)29-19(23(32)33)10-15-35-14-2-1-5-17-7-6-16-4-3-13-27-22(16)28-17/h6-9,19H,1-5,10-15H2,(H,27,28)(H,29,34)(H,30,31)(H,32,33). The summed E-state index contributed by atoms with van der Waals surface area (Å²) in [6.45, 7) is 1.69. The van der Waals surface area contributed by atoms with E-state index in [0.717, 1.165) is 50.2 Å². The van der Waals surface area contributed by atoms with Crippen LogP contribution in [-0.4, -0.2) is 52.8 Å². The number of nitrogens with zero attached hydrogens (tertiary/aromatic N) is 1. The number of hydrogen-bond acceptors (Lipinski definition) is 6. The number of amides is 1. The van der Waals surface area contributed by atoms with Crippen molar-refractivity contribution in [3.8, 4) is 0 Å². The van der Waals surface area contributed by atoms with Gasteiger partial charge in [0.05, 0.1) is 16.1 Å². The Morgan fingerprint density at radius 3 is 2.80 bits per heavy atom. The highest BCUT2D eigenvalue weighted by atomic mass is 35.5. The topological polar surface area (TPSA) is 133 Å². The minimum absolute atomic E-state index is 0.147. The van der Waals surface area contributed by atoms with Gasteiger partial charge in [0.2, 0.25) is 11.5 Å². The summed E-state index contributed by atoms with van der Waals surface area (Å²) in [5.74, 6) is -0.571. The summed E-state index contributed by atoms with van der Waals surface area (Å²) in [4.78, 5) is 43.6. The lowest BCUT2D eigenvalue weighted by molar-refractivity contribution is -0.142. The van der Waals surface area contributed by atoms with Crippen molar-refractivity contribution in [2.75, 3.05) is 25.1 Å². The van der Waals surface area contributed by atoms with Crippen LogP contribution in [0.5, 0.6) is 0 Å². The molecule has 9 nitrogen and oxygen atoms in total. The molecule has 3 heterocycles. The van der Waals surface area contributed by atoms with Crippen LogP contribution in [0.15, 0.2) is 29.1 Å². The first-order valence-corrected chi connectivity index (χ1v) is 12.5. The number of carboxylic acids is 1. The lowest BCUT2D eigenvalue weighted by atomic mass is 9.99. The average molecular weight is 503 g/mol. The van der Waals surface area contributed by atoms with Crippen LogP contribution >= 0.6 is 11.6 Å². The maximum Gasteiger partial charge on any atom is 0.326 e. The van der Waals surface area contributed by atoms with E-state index in [0.29, 0.717) is 25.1 Å². The van der Waals surface area contributed by atoms with E-state index in [1.54, 1.807) is 0 Å². The molecule has 0 saturated heterocycles. The highest BCUT2D eigenvalue weighted by Crippen LogP contribution is 2.49. The predicted molar refractivity (Wildman–Crippen MR) is 132 cm³/mol. The number of ether oxygens (including phenoxy) is 1. The number of pyridine rings is 2. The molecular weight excluding hydrogens is 472 g/mol. The first-order chi connectivity index (χ1) is 16.9. The SMILES string of the molecule is O=C(O)C(CCOCCCCc1ccc2c(n1)NCCC2)NC(=O)C1(c2[nH]c(=O)ccc2Cl)CC1. The number of carbonyl (C=O) groups excluding carboxylic acids is 1. The highest BCUT2D eigenvalue weighted by Gasteiger charge is 2.54. The number of halogens is 1. The Bertz CT molecular complexity index is 1130. The summed E-state index contributed by atoms with van der Waals surface area (Å²) in [7, 11) is 0. The van der Waals surface area contributed by atoms with Crippen LogP contribution in [-0.2, 0) is 32.6 Å². The number of aromatic nitrogens is 2. The molecule has 4 rings (SSSR count). The van der Waals surface area contributed by atoms with Crippen molar-refractivity contribution in [1.29, 1.82) is 0 Å². The smallest absolute Gasteiger partial charge is 0.326 e. The molecular formula is C25H31ClN4O5. The third-order valence-electron chi connectivity index (χ3n) is 6.61. The molecule has 2 aromatic rings. The molecule has 1 aliphatic carbocycles. The van der Waals surface area contributed by atoms with E-state index < -0.39 is 23.3 Å². The van der Waals surface area contributed by atoms with E-state index in [4.69, 9.17) is 16.3 Å². The highest BCUT2D eigenvalue weighted by molar-refractivity contribution is 6.31. The van der Waals surface area contributed by atoms with Crippen LogP contribution in [0.25, 0.3) is 0 Å². The lowest BCUT2D eigenvalue weighted by Gasteiger charge is -2.20. The maximum absolute atomic E-state index is 12.9. The molecule has 1 unspecified atom stereocenters. The van der Waals surface area contributed by atoms with Crippen LogP contribution in [0.1, 0.15) is 55.5 Å². The van der Waals surface area contributed by atoms with E-state index in [1.165, 1.54) is 17.7 Å². The van der Waals surface area contributed by atoms with Gasteiger partial charge in [-0.05, 0) is 62.6 Å². The molecule has 1 aliphatic heterocycles. The molecule has 1 amide bonds. The van der Waals surface area contributed by atoms with E-state index in [1.807, 2.05) is 0 Å². The van der Waals surface area contributed by atoms with E-state index >= 15 is 0 Å². The van der Waals surface area contributed by atoms with E-state index in [-0.39, 0.29) is 23.6 Å². The monoisotopic (exact) mass is 502 g/mol. The Kier molecular flexibility index (Phi) is 8.07. The molecule has 2 aliphatic rings. The minimum Gasteiger partial charge on any atom is -0.480 e. The molecule has 1 fully saturated rings. The van der Waals surface area contributed by atoms with Crippen molar-refractivity contribution >= 4 is 29.3 Å². The van der Waals surface area contributed by atoms with Crippen LogP contribution in [0.3, 0.4) is 0 Å². The number of hydrogen-bond donors (Lipinski definition) is 4. The first-order valence-electron chi connectivity index (χ1n) is 12.1. The molecule has 0 spiro atoms. The summed E-state index contributed by atoms with van der Waals surface area (Å²) in [6.07, 6.45) is 5.96. The number of aliphatic carboxylic acids is 1. The summed E-state index contributed by atoms with van der Waals surface area (Å²) < 4.78 is 5.63. The summed E-state index contributed by atoms with van der Waals surface area (Å²) in [5, 5.41) is 15.8. The fourth-order valence-corrected chi connectivity index (χ4v) is 4.69. The van der Waals surface area contributed by atoms with Gasteiger partial charge in [-0.15, -0.1) is 0 Å². The van der Waals surface area contributed by atoms with Gasteiger partial charge < -0.3 is 25.5 Å². The van der Waals surface area contributed by atoms with Crippen LogP contribution in [0.4, 0.5) is 5.82 Å². The maximum atomic E-state index is 12.9. The molecule has 35 heavy (non-hydrogen) atoms. The van der Waals surface area contributed by atoms with Gasteiger partial charge in [-0.2, -0.15) is 0 Å². The molecule has 0 bridgehead atoms. The van der Waals surface area contributed by atoms with Crippen LogP contribution in [0, 0.1) is 0 Å². The number of fused-ring (bicyclic) bond motifs is 1. The van der Waals surface area contributed by atoms with E-state index in [2.05, 4.69) is 32.7 Å². The third-order valence-corrected chi connectivity index (χ3v) is 6.92. The molecule has 188 valence electrons. The van der Waals surface area contributed by atoms with Gasteiger partial charge in [-0.3, -0.25) is 9.59 Å². The summed E-state index contributed by atoms with van der Waals surface area (Å²) in [6, 6.07) is 5.89. The fourth-order valence-electron chi connectivity index (χ4n) is 4.40. The number of H-pyrrole nitrogens is 1. The molecule has 0 radical (unpaired) electrons. The molecule has 1 saturated carbocycles. The lowest BCUT2D eigenvalue weighted by Crippen LogP contribution is -2.46. The van der Waals surface area contributed by atoms with Gasteiger partial charge in [0.15, 0.2) is 0 Å². The van der Waals surface area contributed by atoms with Crippen molar-refractivity contribution in [1.82, 2.24) is 15.3 Å². The van der Waals surface area contributed by atoms with Crippen LogP contribution < -0.4 is 16.2 Å². The Labute approximate surface area is 208 Å². The fraction of sp³-hybridized carbons (Fsp3) is 0.520. The zero-order valence-electron chi connectivity index (χ0n) is 19.6. The predicted octanol–water partition coefficient (Wildman–Crippen LogP) is 2.81. The minimum atomic E-state index is -1.13. The number of rotatable bonds is 12. The molecule has 10 heteroatoms. The number of carbonyl (C=O) groups is 2. The van der Waals surface area contributed by atoms with Crippen LogP contribution in [0.2, 0.25) is 5.02 Å². The third kappa shape index (κ3) is 6.21. The summed E-state index contributed by atoms with van der Waals surface area (Å²) in [5.41, 5.74) is 1.34. The Balaban J connectivity index is 1.18. The van der Waals surface area contributed by atoms with Crippen molar-refractivity contribution in [3.05, 3.63) is 56.6 Å². The van der Waals surface area contributed by atoms with Gasteiger partial charge in [0.1, 0.15) is 11.9 Å². The van der Waals surface area contributed by atoms with Crippen molar-refractivity contribution in [2.24, 2.45) is 0 Å². The quantitative estimate of drug-likeness (QED) is 0.328. The van der Waals surface area contributed by atoms with Crippen molar-refractivity contribution < 1.29 is 19.4 Å².